The lowest BCUT2D eigenvalue weighted by molar-refractivity contribution is 0.00578. The molecule has 0 atom stereocenters. The highest BCUT2D eigenvalue weighted by Gasteiger charge is 2.52. The highest BCUT2D eigenvalue weighted by molar-refractivity contribution is 6.62. The molecule has 0 unspecified atom stereocenters. The Hall–Kier alpha value is -1.40. The number of aromatic nitrogens is 2. The molecule has 1 aliphatic rings. The fourth-order valence-corrected chi connectivity index (χ4v) is 2.13. The normalized spacial score (nSPS) is 21.2. The number of pyridine rings is 1. The van der Waals surface area contributed by atoms with Crippen molar-refractivity contribution in [1.29, 1.82) is 0 Å². The van der Waals surface area contributed by atoms with Gasteiger partial charge in [0.15, 0.2) is 0 Å². The Morgan fingerprint density at radius 2 is 1.79 bits per heavy atom. The van der Waals surface area contributed by atoms with E-state index in [4.69, 9.17) is 9.31 Å². The van der Waals surface area contributed by atoms with Crippen LogP contribution in [0.5, 0.6) is 0 Å². The number of fused-ring (bicyclic) bond motifs is 1. The molecule has 2 aromatic rings. The van der Waals surface area contributed by atoms with Crippen LogP contribution in [0.15, 0.2) is 24.5 Å². The lowest BCUT2D eigenvalue weighted by Crippen LogP contribution is -2.41. The summed E-state index contributed by atoms with van der Waals surface area (Å²) in [6.45, 7) is 7.79. The molecule has 4 nitrogen and oxygen atoms in total. The van der Waals surface area contributed by atoms with Gasteiger partial charge < -0.3 is 9.31 Å². The van der Waals surface area contributed by atoms with Gasteiger partial charge in [-0.1, -0.05) is 0 Å². The Morgan fingerprint density at radius 1 is 1.16 bits per heavy atom. The minimum absolute atomic E-state index is 0.349. The van der Waals surface area contributed by atoms with Gasteiger partial charge in [0.05, 0.1) is 17.4 Å². The van der Waals surface area contributed by atoms with Crippen LogP contribution in [0.4, 0.5) is 4.39 Å². The Kier molecular flexibility index (Phi) is 2.53. The Bertz CT molecular complexity index is 623. The van der Waals surface area contributed by atoms with E-state index in [1.54, 1.807) is 24.5 Å². The van der Waals surface area contributed by atoms with Crippen LogP contribution in [0.2, 0.25) is 0 Å². The number of rotatable bonds is 1. The van der Waals surface area contributed by atoms with Crippen LogP contribution in [0.25, 0.3) is 5.52 Å². The first-order chi connectivity index (χ1) is 8.82. The van der Waals surface area contributed by atoms with Crippen LogP contribution in [-0.2, 0) is 9.31 Å². The molecule has 0 aromatic carbocycles. The third-order valence-corrected chi connectivity index (χ3v) is 4.05. The topological polar surface area (TPSA) is 35.8 Å². The summed E-state index contributed by atoms with van der Waals surface area (Å²) < 4.78 is 27.7. The molecule has 1 aliphatic heterocycles. The summed E-state index contributed by atoms with van der Waals surface area (Å²) in [4.78, 5) is 0. The second-order valence-electron chi connectivity index (χ2n) is 5.83. The van der Waals surface area contributed by atoms with E-state index >= 15 is 0 Å². The summed E-state index contributed by atoms with van der Waals surface area (Å²) in [6.07, 6.45) is 3.27. The van der Waals surface area contributed by atoms with Crippen LogP contribution in [-0.4, -0.2) is 27.9 Å². The molecule has 19 heavy (non-hydrogen) atoms. The van der Waals surface area contributed by atoms with Gasteiger partial charge in [0.2, 0.25) is 0 Å². The van der Waals surface area contributed by atoms with Gasteiger partial charge in [-0.25, -0.2) is 8.91 Å². The van der Waals surface area contributed by atoms with Crippen LogP contribution in [0.3, 0.4) is 0 Å². The van der Waals surface area contributed by atoms with Gasteiger partial charge in [-0.3, -0.25) is 0 Å². The van der Waals surface area contributed by atoms with Crippen molar-refractivity contribution in [3.05, 3.63) is 30.3 Å². The Morgan fingerprint density at radius 3 is 2.42 bits per heavy atom. The van der Waals surface area contributed by atoms with E-state index in [-0.39, 0.29) is 5.82 Å². The van der Waals surface area contributed by atoms with Gasteiger partial charge in [0.1, 0.15) is 11.3 Å². The van der Waals surface area contributed by atoms with Crippen molar-refractivity contribution in [2.45, 2.75) is 38.9 Å². The highest BCUT2D eigenvalue weighted by atomic mass is 19.1. The second-order valence-corrected chi connectivity index (χ2v) is 5.83. The van der Waals surface area contributed by atoms with Crippen molar-refractivity contribution in [2.75, 3.05) is 0 Å². The maximum absolute atomic E-state index is 14.4. The largest absolute Gasteiger partial charge is 0.497 e. The van der Waals surface area contributed by atoms with Crippen molar-refractivity contribution < 1.29 is 13.7 Å². The maximum Gasteiger partial charge on any atom is 0.497 e. The quantitative estimate of drug-likeness (QED) is 0.735. The predicted molar refractivity (Wildman–Crippen MR) is 70.9 cm³/mol. The molecule has 0 bridgehead atoms. The zero-order chi connectivity index (χ0) is 13.8. The lowest BCUT2D eigenvalue weighted by atomic mass is 9.79. The molecule has 2 aromatic heterocycles. The van der Waals surface area contributed by atoms with E-state index in [0.29, 0.717) is 11.0 Å². The van der Waals surface area contributed by atoms with E-state index < -0.39 is 18.3 Å². The van der Waals surface area contributed by atoms with E-state index in [1.807, 2.05) is 27.7 Å². The maximum atomic E-state index is 14.4. The van der Waals surface area contributed by atoms with Gasteiger partial charge in [-0.05, 0) is 39.8 Å². The number of hydrogen-bond acceptors (Lipinski definition) is 3. The van der Waals surface area contributed by atoms with E-state index in [9.17, 15) is 4.39 Å². The van der Waals surface area contributed by atoms with Gasteiger partial charge in [0, 0.05) is 11.7 Å². The molecule has 0 aliphatic carbocycles. The van der Waals surface area contributed by atoms with Crippen molar-refractivity contribution >= 4 is 18.1 Å². The SMILES string of the molecule is CC1(C)OB(c2ccn3nccc3c2F)OC1(C)C. The Balaban J connectivity index is 2.04. The van der Waals surface area contributed by atoms with Crippen LogP contribution < -0.4 is 5.46 Å². The average Bonchev–Trinajstić information content (AvgIpc) is 2.83. The molecule has 0 N–H and O–H groups in total. The second kappa shape index (κ2) is 3.80. The summed E-state index contributed by atoms with van der Waals surface area (Å²) in [6, 6.07) is 3.28. The van der Waals surface area contributed by atoms with Crippen LogP contribution in [0.1, 0.15) is 27.7 Å². The molecule has 3 rings (SSSR count). The minimum atomic E-state index is -0.690. The fraction of sp³-hybridized carbons (Fsp3) is 0.462. The molecule has 100 valence electrons. The number of hydrogen-bond donors (Lipinski definition) is 0. The van der Waals surface area contributed by atoms with Crippen LogP contribution >= 0.6 is 0 Å². The van der Waals surface area contributed by atoms with Crippen molar-refractivity contribution in [2.24, 2.45) is 0 Å². The first-order valence-corrected chi connectivity index (χ1v) is 6.29. The highest BCUT2D eigenvalue weighted by Crippen LogP contribution is 2.36. The fourth-order valence-electron chi connectivity index (χ4n) is 2.13. The third kappa shape index (κ3) is 1.78. The van der Waals surface area contributed by atoms with Crippen LogP contribution in [0, 0.1) is 5.82 Å². The van der Waals surface area contributed by atoms with Gasteiger partial charge in [-0.15, -0.1) is 0 Å². The molecule has 3 heterocycles. The average molecular weight is 262 g/mol. The monoisotopic (exact) mass is 262 g/mol. The first kappa shape index (κ1) is 12.6. The van der Waals surface area contributed by atoms with Gasteiger partial charge in [0.25, 0.3) is 0 Å². The molecule has 0 radical (unpaired) electrons. The molecule has 6 heteroatoms. The van der Waals surface area contributed by atoms with E-state index in [2.05, 4.69) is 5.10 Å². The molecular weight excluding hydrogens is 246 g/mol. The number of nitrogens with zero attached hydrogens (tertiary/aromatic N) is 2. The lowest BCUT2D eigenvalue weighted by Gasteiger charge is -2.32. The summed E-state index contributed by atoms with van der Waals surface area (Å²) in [5, 5.41) is 4.00. The summed E-state index contributed by atoms with van der Waals surface area (Å²) >= 11 is 0. The van der Waals surface area contributed by atoms with Crippen molar-refractivity contribution in [1.82, 2.24) is 9.61 Å². The first-order valence-electron chi connectivity index (χ1n) is 6.29. The molecule has 0 spiro atoms. The van der Waals surface area contributed by atoms with Gasteiger partial charge in [-0.2, -0.15) is 5.10 Å². The molecule has 0 amide bonds. The van der Waals surface area contributed by atoms with E-state index in [0.717, 1.165) is 0 Å². The molecular formula is C13H16BFN2O2. The van der Waals surface area contributed by atoms with Gasteiger partial charge >= 0.3 is 7.12 Å². The summed E-state index contributed by atoms with van der Waals surface area (Å²) in [7, 11) is -0.690. The smallest absolute Gasteiger partial charge is 0.399 e. The minimum Gasteiger partial charge on any atom is -0.399 e. The Labute approximate surface area is 111 Å². The molecule has 0 saturated carbocycles. The van der Waals surface area contributed by atoms with E-state index in [1.165, 1.54) is 4.52 Å². The zero-order valence-electron chi connectivity index (χ0n) is 11.5. The third-order valence-electron chi connectivity index (χ3n) is 4.05. The van der Waals surface area contributed by atoms with Crippen molar-refractivity contribution in [3.63, 3.8) is 0 Å². The zero-order valence-corrected chi connectivity index (χ0v) is 11.5. The number of halogens is 1. The summed E-state index contributed by atoms with van der Waals surface area (Å²) in [5.41, 5.74) is -0.119. The van der Waals surface area contributed by atoms with Crippen molar-refractivity contribution in [3.8, 4) is 0 Å². The predicted octanol–water partition coefficient (Wildman–Crippen LogP) is 1.77. The molecule has 1 fully saturated rings. The standard InChI is InChI=1S/C13H16BFN2O2/c1-12(2)13(3,4)19-14(18-12)9-6-8-17-10(11(9)15)5-7-16-17/h5-8H,1-4H3. The summed E-state index contributed by atoms with van der Waals surface area (Å²) in [5.74, 6) is -0.349. The molecule has 1 saturated heterocycles.